The highest BCUT2D eigenvalue weighted by Crippen LogP contribution is 2.24. The van der Waals surface area contributed by atoms with Crippen molar-refractivity contribution in [1.29, 1.82) is 0 Å². The van der Waals surface area contributed by atoms with Crippen molar-refractivity contribution in [1.82, 2.24) is 5.32 Å². The summed E-state index contributed by atoms with van der Waals surface area (Å²) in [4.78, 5) is 23.7. The number of carbonyl (C=O) groups excluding carboxylic acids is 2. The lowest BCUT2D eigenvalue weighted by Crippen LogP contribution is -2.23. The minimum Gasteiger partial charge on any atom is -0.497 e. The number of methoxy groups -OCH3 is 3. The standard InChI is InChI=1S/C18H19NO5/c1-22-14-8-9-15(16(10-14)23-2)17(20)19-11-12-4-6-13(7-5-12)18(21)24-3/h4-10H,11H2,1-3H3,(H,19,20). The number of hydrogen-bond acceptors (Lipinski definition) is 5. The Hall–Kier alpha value is -3.02. The van der Waals surface area contributed by atoms with Crippen LogP contribution in [0.15, 0.2) is 42.5 Å². The third-order valence-corrected chi connectivity index (χ3v) is 3.48. The summed E-state index contributed by atoms with van der Waals surface area (Å²) in [6.45, 7) is 0.329. The first-order valence-corrected chi connectivity index (χ1v) is 7.26. The van der Waals surface area contributed by atoms with Crippen molar-refractivity contribution in [3.63, 3.8) is 0 Å². The lowest BCUT2D eigenvalue weighted by molar-refractivity contribution is 0.0600. The number of esters is 1. The zero-order valence-electron chi connectivity index (χ0n) is 13.8. The molecule has 0 bridgehead atoms. The number of hydrogen-bond donors (Lipinski definition) is 1. The Morgan fingerprint density at radius 3 is 2.25 bits per heavy atom. The highest BCUT2D eigenvalue weighted by atomic mass is 16.5. The highest BCUT2D eigenvalue weighted by molar-refractivity contribution is 5.97. The van der Waals surface area contributed by atoms with Gasteiger partial charge in [0.2, 0.25) is 0 Å². The van der Waals surface area contributed by atoms with Gasteiger partial charge in [-0.05, 0) is 29.8 Å². The molecule has 0 aromatic heterocycles. The maximum atomic E-state index is 12.3. The summed E-state index contributed by atoms with van der Waals surface area (Å²) in [5.74, 6) is 0.398. The fourth-order valence-corrected chi connectivity index (χ4v) is 2.14. The van der Waals surface area contributed by atoms with Crippen molar-refractivity contribution in [3.05, 3.63) is 59.2 Å². The smallest absolute Gasteiger partial charge is 0.337 e. The molecule has 6 nitrogen and oxygen atoms in total. The largest absolute Gasteiger partial charge is 0.497 e. The van der Waals surface area contributed by atoms with Crippen LogP contribution in [0.4, 0.5) is 0 Å². The molecule has 1 N–H and O–H groups in total. The number of ether oxygens (including phenoxy) is 3. The SMILES string of the molecule is COC(=O)c1ccc(CNC(=O)c2ccc(OC)cc2OC)cc1. The summed E-state index contributed by atoms with van der Waals surface area (Å²) in [6, 6.07) is 11.8. The van der Waals surface area contributed by atoms with Crippen molar-refractivity contribution in [2.24, 2.45) is 0 Å². The van der Waals surface area contributed by atoms with Gasteiger partial charge in [-0.2, -0.15) is 0 Å². The maximum Gasteiger partial charge on any atom is 0.337 e. The van der Waals surface area contributed by atoms with E-state index in [0.29, 0.717) is 29.2 Å². The molecule has 0 saturated carbocycles. The second-order valence-corrected chi connectivity index (χ2v) is 4.94. The van der Waals surface area contributed by atoms with E-state index in [9.17, 15) is 9.59 Å². The van der Waals surface area contributed by atoms with Crippen LogP contribution in [0.1, 0.15) is 26.3 Å². The molecule has 2 rings (SSSR count). The molecule has 0 spiro atoms. The van der Waals surface area contributed by atoms with Gasteiger partial charge in [-0.15, -0.1) is 0 Å². The van der Waals surface area contributed by atoms with Crippen molar-refractivity contribution in [2.45, 2.75) is 6.54 Å². The van der Waals surface area contributed by atoms with E-state index in [2.05, 4.69) is 10.1 Å². The zero-order valence-corrected chi connectivity index (χ0v) is 13.8. The van der Waals surface area contributed by atoms with E-state index >= 15 is 0 Å². The Morgan fingerprint density at radius 2 is 1.67 bits per heavy atom. The van der Waals surface area contributed by atoms with E-state index < -0.39 is 5.97 Å². The average molecular weight is 329 g/mol. The van der Waals surface area contributed by atoms with Crippen molar-refractivity contribution >= 4 is 11.9 Å². The Balaban J connectivity index is 2.04. The van der Waals surface area contributed by atoms with Crippen LogP contribution in [0.25, 0.3) is 0 Å². The summed E-state index contributed by atoms with van der Waals surface area (Å²) in [6.07, 6.45) is 0. The normalized spacial score (nSPS) is 9.96. The molecule has 0 unspecified atom stereocenters. The summed E-state index contributed by atoms with van der Waals surface area (Å²) in [5.41, 5.74) is 1.75. The van der Waals surface area contributed by atoms with Crippen LogP contribution in [0.3, 0.4) is 0 Å². The van der Waals surface area contributed by atoms with Crippen molar-refractivity contribution < 1.29 is 23.8 Å². The Kier molecular flexibility index (Phi) is 5.78. The average Bonchev–Trinajstić information content (AvgIpc) is 2.65. The van der Waals surface area contributed by atoms with Gasteiger partial charge >= 0.3 is 5.97 Å². The van der Waals surface area contributed by atoms with Gasteiger partial charge in [0.05, 0.1) is 32.5 Å². The van der Waals surface area contributed by atoms with Crippen molar-refractivity contribution in [3.8, 4) is 11.5 Å². The van der Waals surface area contributed by atoms with Crippen molar-refractivity contribution in [2.75, 3.05) is 21.3 Å². The molecule has 0 atom stereocenters. The lowest BCUT2D eigenvalue weighted by Gasteiger charge is -2.11. The maximum absolute atomic E-state index is 12.3. The summed E-state index contributed by atoms with van der Waals surface area (Å²) >= 11 is 0. The molecule has 24 heavy (non-hydrogen) atoms. The van der Waals surface area contributed by atoms with Crippen LogP contribution in [0.2, 0.25) is 0 Å². The fourth-order valence-electron chi connectivity index (χ4n) is 2.14. The van der Waals surface area contributed by atoms with E-state index in [0.717, 1.165) is 5.56 Å². The Bertz CT molecular complexity index is 725. The quantitative estimate of drug-likeness (QED) is 0.824. The molecule has 126 valence electrons. The van der Waals surface area contributed by atoms with Gasteiger partial charge in [0.1, 0.15) is 11.5 Å². The van der Waals surface area contributed by atoms with Gasteiger partial charge in [-0.3, -0.25) is 4.79 Å². The molecule has 0 fully saturated rings. The second-order valence-electron chi connectivity index (χ2n) is 4.94. The topological polar surface area (TPSA) is 73.9 Å². The van der Waals surface area contributed by atoms with E-state index in [1.54, 1.807) is 49.6 Å². The molecule has 2 aromatic rings. The second kappa shape index (κ2) is 8.01. The molecule has 0 saturated heterocycles. The number of carbonyl (C=O) groups is 2. The number of amides is 1. The summed E-state index contributed by atoms with van der Waals surface area (Å²) < 4.78 is 15.0. The van der Waals surface area contributed by atoms with Crippen LogP contribution in [-0.2, 0) is 11.3 Å². The van der Waals surface area contributed by atoms with E-state index in [1.165, 1.54) is 14.2 Å². The van der Waals surface area contributed by atoms with Gasteiger partial charge in [0.25, 0.3) is 5.91 Å². The third kappa shape index (κ3) is 4.04. The lowest BCUT2D eigenvalue weighted by atomic mass is 10.1. The van der Waals surface area contributed by atoms with Gasteiger partial charge in [-0.25, -0.2) is 4.79 Å². The predicted molar refractivity (Wildman–Crippen MR) is 88.5 cm³/mol. The first-order chi connectivity index (χ1) is 11.6. The summed E-state index contributed by atoms with van der Waals surface area (Å²) in [5, 5.41) is 2.81. The van der Waals surface area contributed by atoms with E-state index in [-0.39, 0.29) is 5.91 Å². The minimum absolute atomic E-state index is 0.258. The number of benzene rings is 2. The molecule has 1 amide bonds. The Morgan fingerprint density at radius 1 is 0.958 bits per heavy atom. The first-order valence-electron chi connectivity index (χ1n) is 7.26. The molecular weight excluding hydrogens is 310 g/mol. The molecule has 0 aliphatic carbocycles. The Labute approximate surface area is 140 Å². The molecule has 0 aliphatic heterocycles. The van der Waals surface area contributed by atoms with Gasteiger partial charge in [0.15, 0.2) is 0 Å². The fraction of sp³-hybridized carbons (Fsp3) is 0.222. The third-order valence-electron chi connectivity index (χ3n) is 3.48. The summed E-state index contributed by atoms with van der Waals surface area (Å²) in [7, 11) is 4.38. The number of rotatable bonds is 6. The zero-order chi connectivity index (χ0) is 17.5. The highest BCUT2D eigenvalue weighted by Gasteiger charge is 2.13. The molecule has 0 radical (unpaired) electrons. The van der Waals surface area contributed by atoms with Crippen LogP contribution < -0.4 is 14.8 Å². The van der Waals surface area contributed by atoms with Gasteiger partial charge in [0, 0.05) is 12.6 Å². The molecule has 6 heteroatoms. The molecule has 2 aromatic carbocycles. The van der Waals surface area contributed by atoms with Crippen LogP contribution >= 0.6 is 0 Å². The predicted octanol–water partition coefficient (Wildman–Crippen LogP) is 2.42. The molecular formula is C18H19NO5. The van der Waals surface area contributed by atoms with Crippen LogP contribution in [-0.4, -0.2) is 33.2 Å². The molecule has 0 heterocycles. The van der Waals surface area contributed by atoms with Crippen LogP contribution in [0, 0.1) is 0 Å². The van der Waals surface area contributed by atoms with Gasteiger partial charge < -0.3 is 19.5 Å². The minimum atomic E-state index is -0.395. The van der Waals surface area contributed by atoms with E-state index in [1.807, 2.05) is 0 Å². The monoisotopic (exact) mass is 329 g/mol. The van der Waals surface area contributed by atoms with E-state index in [4.69, 9.17) is 9.47 Å². The first kappa shape index (κ1) is 17.3. The van der Waals surface area contributed by atoms with Crippen LogP contribution in [0.5, 0.6) is 11.5 Å². The van der Waals surface area contributed by atoms with Gasteiger partial charge in [-0.1, -0.05) is 12.1 Å². The number of nitrogens with one attached hydrogen (secondary N) is 1. The molecule has 0 aliphatic rings.